The smallest absolute Gasteiger partial charge is 0.245 e. The third-order valence-corrected chi connectivity index (χ3v) is 12.8. The van der Waals surface area contributed by atoms with Crippen LogP contribution in [-0.2, 0) is 30.4 Å². The molecule has 0 spiro atoms. The van der Waals surface area contributed by atoms with Crippen LogP contribution >= 0.6 is 0 Å². The van der Waals surface area contributed by atoms with Crippen LogP contribution in [0.5, 0.6) is 0 Å². The van der Waals surface area contributed by atoms with Gasteiger partial charge >= 0.3 is 0 Å². The largest absolute Gasteiger partial charge is 0.370 e. The number of rotatable bonds is 24. The lowest BCUT2D eigenvalue weighted by molar-refractivity contribution is -0.145. The highest BCUT2D eigenvalue weighted by Gasteiger charge is 2.53. The molecule has 3 aliphatic rings. The molecule has 1 saturated heterocycles. The first-order valence-corrected chi connectivity index (χ1v) is 22.4. The third-order valence-electron chi connectivity index (χ3n) is 12.8. The molecule has 15 nitrogen and oxygen atoms in total. The molecule has 1 unspecified atom stereocenters. The van der Waals surface area contributed by atoms with Gasteiger partial charge in [-0.1, -0.05) is 94.5 Å². The van der Waals surface area contributed by atoms with E-state index in [-0.39, 0.29) is 50.1 Å². The average Bonchev–Trinajstić information content (AvgIpc) is 3.73. The van der Waals surface area contributed by atoms with Crippen molar-refractivity contribution < 1.29 is 24.0 Å². The maximum atomic E-state index is 15.2. The number of nitrogens with zero attached hydrogens (tertiary/aromatic N) is 2. The van der Waals surface area contributed by atoms with Gasteiger partial charge in [0.1, 0.15) is 6.04 Å². The van der Waals surface area contributed by atoms with Crippen LogP contribution in [0.25, 0.3) is 0 Å². The molecular formula is C44H74N10O5. The van der Waals surface area contributed by atoms with E-state index in [0.717, 1.165) is 63.4 Å². The molecule has 330 valence electrons. The Labute approximate surface area is 351 Å². The van der Waals surface area contributed by atoms with E-state index in [1.807, 2.05) is 30.3 Å². The number of guanidine groups is 1. The van der Waals surface area contributed by atoms with E-state index < -0.39 is 59.2 Å². The van der Waals surface area contributed by atoms with Crippen molar-refractivity contribution in [3.8, 4) is 0 Å². The van der Waals surface area contributed by atoms with Crippen molar-refractivity contribution in [2.45, 2.75) is 164 Å². The molecule has 1 aromatic carbocycles. The summed E-state index contributed by atoms with van der Waals surface area (Å²) in [6.07, 6.45) is 14.5. The molecule has 13 N–H and O–H groups in total. The van der Waals surface area contributed by atoms with E-state index in [0.29, 0.717) is 57.4 Å². The highest BCUT2D eigenvalue weighted by atomic mass is 16.2. The average molecular weight is 823 g/mol. The molecule has 0 aromatic heterocycles. The lowest BCUT2D eigenvalue weighted by atomic mass is 9.75. The van der Waals surface area contributed by atoms with E-state index in [1.54, 1.807) is 7.05 Å². The number of carbonyl (C=O) groups is 5. The fourth-order valence-electron chi connectivity index (χ4n) is 9.50. The Kier molecular flexibility index (Phi) is 19.7. The Morgan fingerprint density at radius 3 is 2.02 bits per heavy atom. The molecule has 3 amide bonds. The molecule has 4 rings (SSSR count). The Bertz CT molecular complexity index is 1530. The van der Waals surface area contributed by atoms with Gasteiger partial charge in [0.05, 0.1) is 24.2 Å². The van der Waals surface area contributed by atoms with Gasteiger partial charge in [-0.2, -0.15) is 0 Å². The van der Waals surface area contributed by atoms with Gasteiger partial charge < -0.3 is 49.5 Å². The number of likely N-dealkylation sites (tertiary alicyclic amines) is 1. The molecular weight excluding hydrogens is 749 g/mol. The van der Waals surface area contributed by atoms with Gasteiger partial charge in [-0.3, -0.25) is 24.0 Å². The van der Waals surface area contributed by atoms with Gasteiger partial charge in [0, 0.05) is 13.1 Å². The molecule has 6 atom stereocenters. The lowest BCUT2D eigenvalue weighted by Crippen LogP contribution is -2.61. The fraction of sp³-hybridized carbons (Fsp3) is 0.727. The zero-order valence-electron chi connectivity index (χ0n) is 35.5. The van der Waals surface area contributed by atoms with Gasteiger partial charge in [0.15, 0.2) is 23.1 Å². The van der Waals surface area contributed by atoms with Gasteiger partial charge in [0.2, 0.25) is 17.7 Å². The summed E-state index contributed by atoms with van der Waals surface area (Å²) in [4.78, 5) is 77.2. The van der Waals surface area contributed by atoms with Crippen LogP contribution in [-0.4, -0.2) is 103 Å². The number of unbranched alkanes of at least 4 members (excludes halogenated alkanes) is 1. The molecule has 15 heteroatoms. The minimum absolute atomic E-state index is 0.127. The van der Waals surface area contributed by atoms with Crippen molar-refractivity contribution in [1.29, 1.82) is 0 Å². The van der Waals surface area contributed by atoms with Crippen molar-refractivity contribution in [3.05, 3.63) is 35.9 Å². The van der Waals surface area contributed by atoms with Crippen molar-refractivity contribution in [1.82, 2.24) is 20.9 Å². The van der Waals surface area contributed by atoms with Crippen LogP contribution in [0.3, 0.4) is 0 Å². The highest BCUT2D eigenvalue weighted by molar-refractivity contribution is 6.17. The van der Waals surface area contributed by atoms with E-state index in [1.165, 1.54) is 11.3 Å². The topological polar surface area (TPSA) is 267 Å². The molecule has 1 heterocycles. The van der Waals surface area contributed by atoms with E-state index in [2.05, 4.69) is 20.9 Å². The SMILES string of the molecule is CN[C@@H](Cc1ccccc1)C(=O)N[C@@H](CCCCN)C(=O)N1CCC[C@H]1C(=O)C(CCCNC(=O)[C@@H](N)CC1CCCCC1)(N=C(N)N)C(=O)[C@H](N)CC1CCCCC1. The van der Waals surface area contributed by atoms with Crippen LogP contribution in [0.4, 0.5) is 0 Å². The van der Waals surface area contributed by atoms with Gasteiger partial charge in [-0.25, -0.2) is 4.99 Å². The normalized spacial score (nSPS) is 20.7. The van der Waals surface area contributed by atoms with Crippen LogP contribution in [0.1, 0.15) is 128 Å². The number of hydrogen-bond acceptors (Lipinski definition) is 10. The van der Waals surface area contributed by atoms with E-state index in [4.69, 9.17) is 28.7 Å². The second-order valence-corrected chi connectivity index (χ2v) is 17.3. The number of carbonyl (C=O) groups excluding carboxylic acids is 5. The Morgan fingerprint density at radius 1 is 0.797 bits per heavy atom. The van der Waals surface area contributed by atoms with E-state index >= 15 is 4.79 Å². The molecule has 59 heavy (non-hydrogen) atoms. The second-order valence-electron chi connectivity index (χ2n) is 17.3. The number of likely N-dealkylation sites (N-methyl/N-ethyl adjacent to an activating group) is 1. The zero-order chi connectivity index (χ0) is 42.8. The lowest BCUT2D eigenvalue weighted by Gasteiger charge is -2.36. The van der Waals surface area contributed by atoms with Gasteiger partial charge in [-0.05, 0) is 95.2 Å². The number of nitrogens with one attached hydrogen (secondary N) is 3. The second kappa shape index (κ2) is 24.4. The summed E-state index contributed by atoms with van der Waals surface area (Å²) in [5.41, 5.74) is 29.8. The number of ketones is 2. The molecule has 2 saturated carbocycles. The van der Waals surface area contributed by atoms with Crippen molar-refractivity contribution in [2.24, 2.45) is 45.5 Å². The van der Waals surface area contributed by atoms with Gasteiger partial charge in [-0.15, -0.1) is 0 Å². The molecule has 0 radical (unpaired) electrons. The minimum Gasteiger partial charge on any atom is -0.370 e. The standard InChI is InChI=1S/C44H74N10O5/c1-50-36(29-32-19-9-4-10-20-32)41(58)52-35(21-11-12-24-45)42(59)54-26-13-22-37(54)39(56)44(53-43(48)49,38(55)33(46)27-30-15-5-2-6-16-30)23-14-25-51-40(57)34(47)28-31-17-7-3-8-18-31/h4,9-10,19-20,30-31,33-37,50H,2-3,5-8,11-18,21-29,45-47H2,1H3,(H,51,57)(H,52,58)(H4,48,49,53)/t33-,34+,35+,36+,37+,44?/m1/s1. The number of nitrogens with two attached hydrogens (primary N) is 5. The summed E-state index contributed by atoms with van der Waals surface area (Å²) < 4.78 is 0. The summed E-state index contributed by atoms with van der Waals surface area (Å²) in [7, 11) is 1.70. The van der Waals surface area contributed by atoms with Crippen molar-refractivity contribution in [3.63, 3.8) is 0 Å². The maximum absolute atomic E-state index is 15.2. The Balaban J connectivity index is 1.58. The first-order chi connectivity index (χ1) is 28.4. The quantitative estimate of drug-likeness (QED) is 0.0324. The van der Waals surface area contributed by atoms with Crippen LogP contribution in [0.2, 0.25) is 0 Å². The first kappa shape index (κ1) is 47.8. The first-order valence-electron chi connectivity index (χ1n) is 22.4. The van der Waals surface area contributed by atoms with Crippen molar-refractivity contribution in [2.75, 3.05) is 26.7 Å². The summed E-state index contributed by atoms with van der Waals surface area (Å²) in [5, 5.41) is 8.96. The maximum Gasteiger partial charge on any atom is 0.245 e. The fourth-order valence-corrected chi connectivity index (χ4v) is 9.50. The number of Topliss-reactive ketones (excluding diaryl/α,β-unsaturated/α-hetero) is 2. The predicted molar refractivity (Wildman–Crippen MR) is 232 cm³/mol. The Hall–Kier alpha value is -3.92. The minimum atomic E-state index is -2.10. The zero-order valence-corrected chi connectivity index (χ0v) is 35.5. The van der Waals surface area contributed by atoms with E-state index in [9.17, 15) is 19.2 Å². The van der Waals surface area contributed by atoms with Crippen LogP contribution in [0, 0.1) is 11.8 Å². The third kappa shape index (κ3) is 14.1. The number of aliphatic imine (C=N–C) groups is 1. The summed E-state index contributed by atoms with van der Waals surface area (Å²) in [5.74, 6) is -2.04. The summed E-state index contributed by atoms with van der Waals surface area (Å²) in [6, 6.07) is 5.31. The molecule has 0 bridgehead atoms. The van der Waals surface area contributed by atoms with Crippen molar-refractivity contribution >= 4 is 35.2 Å². The highest BCUT2D eigenvalue weighted by Crippen LogP contribution is 2.34. The summed E-state index contributed by atoms with van der Waals surface area (Å²) in [6.45, 7) is 0.798. The predicted octanol–water partition coefficient (Wildman–Crippen LogP) is 2.06. The number of hydrogen-bond donors (Lipinski definition) is 8. The molecule has 3 fully saturated rings. The number of amides is 3. The van der Waals surface area contributed by atoms with Gasteiger partial charge in [0.25, 0.3) is 0 Å². The monoisotopic (exact) mass is 823 g/mol. The van der Waals surface area contributed by atoms with Crippen LogP contribution in [0.15, 0.2) is 35.3 Å². The number of benzene rings is 1. The Morgan fingerprint density at radius 2 is 1.42 bits per heavy atom. The molecule has 1 aromatic rings. The summed E-state index contributed by atoms with van der Waals surface area (Å²) >= 11 is 0. The molecule has 2 aliphatic carbocycles. The molecule has 1 aliphatic heterocycles. The van der Waals surface area contributed by atoms with Crippen LogP contribution < -0.4 is 44.6 Å².